The van der Waals surface area contributed by atoms with Crippen molar-refractivity contribution in [3.05, 3.63) is 30.3 Å². The van der Waals surface area contributed by atoms with Crippen LogP contribution >= 0.6 is 0 Å². The van der Waals surface area contributed by atoms with Gasteiger partial charge in [-0.2, -0.15) is 0 Å². The maximum Gasteiger partial charge on any atom is 0.414 e. The molecule has 4 rings (SSSR count). The van der Waals surface area contributed by atoms with E-state index in [4.69, 9.17) is 9.57 Å². The third-order valence-electron chi connectivity index (χ3n) is 5.56. The number of tetrazole rings is 1. The van der Waals surface area contributed by atoms with Gasteiger partial charge in [0.2, 0.25) is 0 Å². The van der Waals surface area contributed by atoms with Crippen LogP contribution in [0.3, 0.4) is 0 Å². The second-order valence-electron chi connectivity index (χ2n) is 7.88. The second kappa shape index (κ2) is 10.7. The Bertz CT molecular complexity index is 1070. The predicted molar refractivity (Wildman–Crippen MR) is 112 cm³/mol. The first-order valence-electron chi connectivity index (χ1n) is 10.8. The Kier molecular flexibility index (Phi) is 7.43. The number of carbonyl (C=O) groups excluding carboxylic acids is 3. The molecule has 0 bridgehead atoms. The zero-order valence-electron chi connectivity index (χ0n) is 18.4. The highest BCUT2D eigenvalue weighted by Crippen LogP contribution is 2.29. The Morgan fingerprint density at radius 2 is 2.03 bits per heavy atom. The van der Waals surface area contributed by atoms with Crippen LogP contribution in [-0.2, 0) is 25.7 Å². The minimum atomic E-state index is -3.06. The summed E-state index contributed by atoms with van der Waals surface area (Å²) in [5, 5.41) is 11.8. The first-order chi connectivity index (χ1) is 16.8. The largest absolute Gasteiger partial charge is 0.444 e. The second-order valence-corrected chi connectivity index (χ2v) is 7.88. The third kappa shape index (κ3) is 5.85. The van der Waals surface area contributed by atoms with Gasteiger partial charge in [0.1, 0.15) is 24.8 Å². The number of rotatable bonds is 8. The van der Waals surface area contributed by atoms with Crippen molar-refractivity contribution in [3.8, 4) is 0 Å². The lowest BCUT2D eigenvalue weighted by Crippen LogP contribution is -2.36. The smallest absolute Gasteiger partial charge is 0.414 e. The van der Waals surface area contributed by atoms with Crippen LogP contribution in [0.2, 0.25) is 0 Å². The number of ether oxygens (including phenoxy) is 1. The van der Waals surface area contributed by atoms with Crippen molar-refractivity contribution in [2.24, 2.45) is 0 Å². The summed E-state index contributed by atoms with van der Waals surface area (Å²) in [5.74, 6) is -2.17. The van der Waals surface area contributed by atoms with E-state index >= 15 is 4.39 Å². The number of ketones is 1. The molecule has 0 radical (unpaired) electrons. The summed E-state index contributed by atoms with van der Waals surface area (Å²) in [6.45, 7) is 0.851. The van der Waals surface area contributed by atoms with E-state index in [-0.39, 0.29) is 49.9 Å². The van der Waals surface area contributed by atoms with Crippen LogP contribution in [0.5, 0.6) is 0 Å². The molecule has 188 valence electrons. The molecule has 0 N–H and O–H groups in total. The number of benzene rings is 1. The molecule has 1 atom stereocenters. The Morgan fingerprint density at radius 1 is 1.20 bits per heavy atom. The summed E-state index contributed by atoms with van der Waals surface area (Å²) in [7, 11) is 0. The number of alkyl halides is 2. The van der Waals surface area contributed by atoms with Crippen LogP contribution in [0, 0.1) is 5.82 Å². The highest BCUT2D eigenvalue weighted by Gasteiger charge is 2.34. The molecular formula is C20H22F3N7O5. The van der Waals surface area contributed by atoms with E-state index in [1.54, 1.807) is 11.0 Å². The van der Waals surface area contributed by atoms with Crippen molar-refractivity contribution >= 4 is 29.2 Å². The molecular weight excluding hydrogens is 475 g/mol. The van der Waals surface area contributed by atoms with Gasteiger partial charge in [0, 0.05) is 19.5 Å². The standard InChI is InChI=1S/C20H22F3N7O5/c21-15-9-13(29-10-14(35-20(29)33)2-4-17(31)19(22)23)1-3-16(15)27-5-6-30(34-8-7-27)18(32)11-28-12-24-25-26-28/h1,3,9,12,14,19H,2,4-8,10-11H2/t14-/m0/s1. The van der Waals surface area contributed by atoms with Crippen molar-refractivity contribution in [2.75, 3.05) is 42.6 Å². The quantitative estimate of drug-likeness (QED) is 0.526. The van der Waals surface area contributed by atoms with Gasteiger partial charge >= 0.3 is 6.09 Å². The van der Waals surface area contributed by atoms with Crippen LogP contribution in [-0.4, -0.2) is 88.4 Å². The van der Waals surface area contributed by atoms with E-state index in [0.29, 0.717) is 13.1 Å². The molecule has 2 amide bonds. The van der Waals surface area contributed by atoms with Gasteiger partial charge in [-0.05, 0) is 35.0 Å². The average Bonchev–Trinajstić information content (AvgIpc) is 3.39. The first-order valence-corrected chi connectivity index (χ1v) is 10.8. The average molecular weight is 497 g/mol. The molecule has 2 saturated heterocycles. The molecule has 35 heavy (non-hydrogen) atoms. The molecule has 3 heterocycles. The van der Waals surface area contributed by atoms with Gasteiger partial charge in [-0.25, -0.2) is 27.7 Å². The molecule has 0 unspecified atom stereocenters. The van der Waals surface area contributed by atoms with Crippen LogP contribution in [0.25, 0.3) is 0 Å². The maximum atomic E-state index is 15.0. The van der Waals surface area contributed by atoms with Crippen LogP contribution in [0.15, 0.2) is 24.5 Å². The number of nitrogens with zero attached hydrogens (tertiary/aromatic N) is 7. The number of cyclic esters (lactones) is 1. The molecule has 0 saturated carbocycles. The number of hydroxylamine groups is 2. The van der Waals surface area contributed by atoms with Crippen LogP contribution < -0.4 is 9.80 Å². The van der Waals surface area contributed by atoms with Gasteiger partial charge in [-0.3, -0.25) is 19.3 Å². The molecule has 15 heteroatoms. The molecule has 0 aliphatic carbocycles. The first kappa shape index (κ1) is 24.4. The molecule has 2 aliphatic heterocycles. The Hall–Kier alpha value is -3.75. The molecule has 1 aromatic carbocycles. The lowest BCUT2D eigenvalue weighted by atomic mass is 10.1. The molecule has 0 spiro atoms. The van der Waals surface area contributed by atoms with Gasteiger partial charge in [-0.1, -0.05) is 0 Å². The van der Waals surface area contributed by atoms with Crippen molar-refractivity contribution < 1.29 is 37.1 Å². The summed E-state index contributed by atoms with van der Waals surface area (Å²) in [6.07, 6.45) is -3.70. The van der Waals surface area contributed by atoms with Gasteiger partial charge in [0.15, 0.2) is 5.78 Å². The minimum absolute atomic E-state index is 0.0179. The molecule has 2 aromatic rings. The number of hydrogen-bond donors (Lipinski definition) is 0. The fourth-order valence-corrected chi connectivity index (χ4v) is 3.77. The van der Waals surface area contributed by atoms with Gasteiger partial charge in [0.25, 0.3) is 12.3 Å². The monoisotopic (exact) mass is 497 g/mol. The number of aromatic nitrogens is 4. The Labute approximate surface area is 197 Å². The number of amides is 2. The van der Waals surface area contributed by atoms with Crippen molar-refractivity contribution in [1.82, 2.24) is 25.3 Å². The molecule has 2 fully saturated rings. The molecule has 2 aliphatic rings. The van der Waals surface area contributed by atoms with E-state index in [2.05, 4.69) is 15.5 Å². The highest BCUT2D eigenvalue weighted by atomic mass is 19.3. The van der Waals surface area contributed by atoms with Crippen LogP contribution in [0.4, 0.5) is 29.3 Å². The topological polar surface area (TPSA) is 123 Å². The number of anilines is 2. The summed E-state index contributed by atoms with van der Waals surface area (Å²) in [4.78, 5) is 44.1. The summed E-state index contributed by atoms with van der Waals surface area (Å²) in [6, 6.07) is 4.22. The van der Waals surface area contributed by atoms with E-state index in [9.17, 15) is 23.2 Å². The Balaban J connectivity index is 1.35. The number of hydrogen-bond acceptors (Lipinski definition) is 9. The zero-order chi connectivity index (χ0) is 24.9. The summed E-state index contributed by atoms with van der Waals surface area (Å²) >= 11 is 0. The predicted octanol–water partition coefficient (Wildman–Crippen LogP) is 1.03. The summed E-state index contributed by atoms with van der Waals surface area (Å²) < 4.78 is 46.1. The minimum Gasteiger partial charge on any atom is -0.444 e. The highest BCUT2D eigenvalue weighted by molar-refractivity contribution is 5.90. The molecule has 1 aromatic heterocycles. The summed E-state index contributed by atoms with van der Waals surface area (Å²) in [5.41, 5.74) is 0.502. The van der Waals surface area contributed by atoms with E-state index in [1.165, 1.54) is 33.1 Å². The van der Waals surface area contributed by atoms with Crippen molar-refractivity contribution in [3.63, 3.8) is 0 Å². The fourth-order valence-electron chi connectivity index (χ4n) is 3.77. The number of Topliss-reactive ketones (excluding diaryl/α,β-unsaturated/α-hetero) is 1. The zero-order valence-corrected chi connectivity index (χ0v) is 18.4. The van der Waals surface area contributed by atoms with Gasteiger partial charge in [-0.15, -0.1) is 5.10 Å². The van der Waals surface area contributed by atoms with E-state index < -0.39 is 36.6 Å². The van der Waals surface area contributed by atoms with E-state index in [0.717, 1.165) is 0 Å². The van der Waals surface area contributed by atoms with E-state index in [1.807, 2.05) is 0 Å². The lowest BCUT2D eigenvalue weighted by Gasteiger charge is -2.24. The number of halogens is 3. The Morgan fingerprint density at radius 3 is 2.74 bits per heavy atom. The van der Waals surface area contributed by atoms with Gasteiger partial charge < -0.3 is 9.64 Å². The number of carbonyl (C=O) groups is 3. The van der Waals surface area contributed by atoms with Crippen LogP contribution in [0.1, 0.15) is 12.8 Å². The fraction of sp³-hybridized carbons (Fsp3) is 0.500. The van der Waals surface area contributed by atoms with Gasteiger partial charge in [0.05, 0.1) is 31.1 Å². The normalized spacial score (nSPS) is 18.7. The molecule has 12 nitrogen and oxygen atoms in total. The van der Waals surface area contributed by atoms with Crippen molar-refractivity contribution in [2.45, 2.75) is 31.9 Å². The maximum absolute atomic E-state index is 15.0. The SMILES string of the molecule is O=C(CC[C@H]1CN(c2ccc(N3CCON(C(=O)Cn4cnnn4)CC3)c(F)c2)C(=O)O1)C(F)F. The lowest BCUT2D eigenvalue weighted by molar-refractivity contribution is -0.182. The van der Waals surface area contributed by atoms with Crippen molar-refractivity contribution in [1.29, 1.82) is 0 Å². The third-order valence-corrected chi connectivity index (χ3v) is 5.56.